The summed E-state index contributed by atoms with van der Waals surface area (Å²) in [4.78, 5) is 13.3. The van der Waals surface area contributed by atoms with E-state index >= 15 is 0 Å². The fourth-order valence-electron chi connectivity index (χ4n) is 2.28. The summed E-state index contributed by atoms with van der Waals surface area (Å²) < 4.78 is 7.28. The van der Waals surface area contributed by atoms with Gasteiger partial charge in [-0.25, -0.2) is 0 Å². The number of amides is 1. The summed E-state index contributed by atoms with van der Waals surface area (Å²) in [6, 6.07) is 0. The molecule has 0 radical (unpaired) electrons. The van der Waals surface area contributed by atoms with Crippen molar-refractivity contribution in [1.82, 2.24) is 19.9 Å². The molecule has 0 fully saturated rings. The topological polar surface area (TPSA) is 60.2 Å². The lowest BCUT2D eigenvalue weighted by molar-refractivity contribution is -0.130. The molecule has 0 bridgehead atoms. The van der Waals surface area contributed by atoms with E-state index in [4.69, 9.17) is 4.74 Å². The van der Waals surface area contributed by atoms with Gasteiger partial charge in [0.1, 0.15) is 5.69 Å². The molecule has 0 aromatic carbocycles. The number of fused-ring (bicyclic) bond motifs is 1. The number of hydrogen-bond donors (Lipinski definition) is 0. The molecule has 0 N–H and O–H groups in total. The molecule has 1 aromatic heterocycles. The summed E-state index contributed by atoms with van der Waals surface area (Å²) in [5.41, 5.74) is 1.93. The molecule has 1 aliphatic heterocycles. The lowest BCUT2D eigenvalue weighted by Crippen LogP contribution is -2.39. The van der Waals surface area contributed by atoms with Crippen LogP contribution in [-0.4, -0.2) is 45.6 Å². The van der Waals surface area contributed by atoms with Crippen molar-refractivity contribution in [2.45, 2.75) is 19.4 Å². The Morgan fingerprint density at radius 2 is 2.44 bits per heavy atom. The highest BCUT2D eigenvalue weighted by Gasteiger charge is 2.31. The molecule has 6 nitrogen and oxygen atoms in total. The molecule has 0 saturated heterocycles. The van der Waals surface area contributed by atoms with Gasteiger partial charge in [-0.05, 0) is 0 Å². The second-order valence-electron chi connectivity index (χ2n) is 4.47. The van der Waals surface area contributed by atoms with Crippen molar-refractivity contribution < 1.29 is 9.53 Å². The van der Waals surface area contributed by atoms with Crippen molar-refractivity contribution in [1.29, 1.82) is 0 Å². The molecular weight excluding hydrogens is 232 g/mol. The SMILES string of the molecule is C=CCOCC1CN(C(C)=O)Cc2nnn(C)c21. The summed E-state index contributed by atoms with van der Waals surface area (Å²) in [5.74, 6) is 0.178. The summed E-state index contributed by atoms with van der Waals surface area (Å²) in [6.07, 6.45) is 1.72. The molecule has 0 aliphatic carbocycles. The van der Waals surface area contributed by atoms with Crippen LogP contribution >= 0.6 is 0 Å². The Hall–Kier alpha value is -1.69. The van der Waals surface area contributed by atoms with E-state index in [-0.39, 0.29) is 11.8 Å². The maximum absolute atomic E-state index is 11.5. The number of rotatable bonds is 4. The molecule has 1 amide bonds. The first kappa shape index (κ1) is 12.8. The van der Waals surface area contributed by atoms with Crippen molar-refractivity contribution in [3.63, 3.8) is 0 Å². The van der Waals surface area contributed by atoms with E-state index in [1.165, 1.54) is 0 Å². The zero-order valence-electron chi connectivity index (χ0n) is 10.8. The monoisotopic (exact) mass is 250 g/mol. The van der Waals surface area contributed by atoms with Gasteiger partial charge in [0.25, 0.3) is 0 Å². The number of hydrogen-bond acceptors (Lipinski definition) is 4. The number of aromatic nitrogens is 3. The highest BCUT2D eigenvalue weighted by molar-refractivity contribution is 5.73. The van der Waals surface area contributed by atoms with Gasteiger partial charge in [-0.1, -0.05) is 11.3 Å². The average Bonchev–Trinajstić information content (AvgIpc) is 2.71. The van der Waals surface area contributed by atoms with Crippen molar-refractivity contribution in [2.24, 2.45) is 7.05 Å². The van der Waals surface area contributed by atoms with Crippen molar-refractivity contribution in [2.75, 3.05) is 19.8 Å². The van der Waals surface area contributed by atoms with Crippen LogP contribution in [0, 0.1) is 0 Å². The quantitative estimate of drug-likeness (QED) is 0.575. The second kappa shape index (κ2) is 5.30. The molecule has 1 aromatic rings. The maximum atomic E-state index is 11.5. The van der Waals surface area contributed by atoms with Gasteiger partial charge in [-0.15, -0.1) is 11.7 Å². The summed E-state index contributed by atoms with van der Waals surface area (Å²) in [6.45, 7) is 7.44. The molecule has 0 saturated carbocycles. The first-order valence-corrected chi connectivity index (χ1v) is 5.96. The van der Waals surface area contributed by atoms with Crippen LogP contribution in [0.5, 0.6) is 0 Å². The predicted octanol–water partition coefficient (Wildman–Crippen LogP) is 0.463. The molecule has 18 heavy (non-hydrogen) atoms. The van der Waals surface area contributed by atoms with Crippen LogP contribution in [-0.2, 0) is 23.1 Å². The zero-order chi connectivity index (χ0) is 13.1. The number of ether oxygens (including phenoxy) is 1. The van der Waals surface area contributed by atoms with Crippen LogP contribution in [0.25, 0.3) is 0 Å². The summed E-state index contributed by atoms with van der Waals surface area (Å²) in [7, 11) is 1.87. The fraction of sp³-hybridized carbons (Fsp3) is 0.583. The van der Waals surface area contributed by atoms with E-state index in [2.05, 4.69) is 16.9 Å². The fourth-order valence-corrected chi connectivity index (χ4v) is 2.28. The third-order valence-corrected chi connectivity index (χ3v) is 3.11. The van der Waals surface area contributed by atoms with E-state index in [0.29, 0.717) is 26.3 Å². The Kier molecular flexibility index (Phi) is 3.76. The first-order valence-electron chi connectivity index (χ1n) is 5.96. The smallest absolute Gasteiger partial charge is 0.219 e. The van der Waals surface area contributed by atoms with Crippen molar-refractivity contribution in [3.05, 3.63) is 24.0 Å². The maximum Gasteiger partial charge on any atom is 0.219 e. The number of nitrogens with zero attached hydrogens (tertiary/aromatic N) is 4. The normalized spacial score (nSPS) is 18.6. The van der Waals surface area contributed by atoms with Gasteiger partial charge in [0.15, 0.2) is 0 Å². The van der Waals surface area contributed by atoms with E-state index in [1.54, 1.807) is 22.6 Å². The van der Waals surface area contributed by atoms with E-state index in [1.807, 2.05) is 7.05 Å². The molecule has 1 aliphatic rings. The van der Waals surface area contributed by atoms with Gasteiger partial charge in [0, 0.05) is 26.4 Å². The van der Waals surface area contributed by atoms with Gasteiger partial charge in [0.05, 0.1) is 25.5 Å². The number of carbonyl (C=O) groups excluding carboxylic acids is 1. The van der Waals surface area contributed by atoms with E-state index in [9.17, 15) is 4.79 Å². The van der Waals surface area contributed by atoms with Crippen molar-refractivity contribution >= 4 is 5.91 Å². The minimum absolute atomic E-state index is 0.0556. The average molecular weight is 250 g/mol. The lowest BCUT2D eigenvalue weighted by Gasteiger charge is -2.31. The van der Waals surface area contributed by atoms with Gasteiger partial charge < -0.3 is 9.64 Å². The van der Waals surface area contributed by atoms with Crippen LogP contribution < -0.4 is 0 Å². The lowest BCUT2D eigenvalue weighted by atomic mass is 9.99. The van der Waals surface area contributed by atoms with Crippen LogP contribution in [0.4, 0.5) is 0 Å². The summed E-state index contributed by atoms with van der Waals surface area (Å²) >= 11 is 0. The molecular formula is C12H18N4O2. The number of carbonyl (C=O) groups is 1. The highest BCUT2D eigenvalue weighted by atomic mass is 16.5. The molecule has 98 valence electrons. The second-order valence-corrected chi connectivity index (χ2v) is 4.47. The van der Waals surface area contributed by atoms with Gasteiger partial charge in [0.2, 0.25) is 5.91 Å². The third-order valence-electron chi connectivity index (χ3n) is 3.11. The summed E-state index contributed by atoms with van der Waals surface area (Å²) in [5, 5.41) is 8.13. The van der Waals surface area contributed by atoms with Crippen LogP contribution in [0.2, 0.25) is 0 Å². The molecule has 2 rings (SSSR count). The van der Waals surface area contributed by atoms with Crippen LogP contribution in [0.15, 0.2) is 12.7 Å². The minimum atomic E-state index is 0.0556. The molecule has 1 atom stereocenters. The van der Waals surface area contributed by atoms with E-state index in [0.717, 1.165) is 11.4 Å². The van der Waals surface area contributed by atoms with Crippen molar-refractivity contribution in [3.8, 4) is 0 Å². The Bertz CT molecular complexity index is 455. The van der Waals surface area contributed by atoms with Gasteiger partial charge in [-0.2, -0.15) is 0 Å². The molecule has 0 spiro atoms. The molecule has 2 heterocycles. The molecule has 6 heteroatoms. The third kappa shape index (κ3) is 2.43. The zero-order valence-corrected chi connectivity index (χ0v) is 10.8. The molecule has 1 unspecified atom stereocenters. The Morgan fingerprint density at radius 1 is 1.67 bits per heavy atom. The Morgan fingerprint density at radius 3 is 3.11 bits per heavy atom. The van der Waals surface area contributed by atoms with Gasteiger partial charge >= 0.3 is 0 Å². The first-order chi connectivity index (χ1) is 8.63. The Balaban J connectivity index is 2.18. The minimum Gasteiger partial charge on any atom is -0.377 e. The van der Waals surface area contributed by atoms with Crippen LogP contribution in [0.1, 0.15) is 24.2 Å². The van der Waals surface area contributed by atoms with E-state index < -0.39 is 0 Å². The highest BCUT2D eigenvalue weighted by Crippen LogP contribution is 2.26. The number of aryl methyl sites for hydroxylation is 1. The largest absolute Gasteiger partial charge is 0.377 e. The predicted molar refractivity (Wildman–Crippen MR) is 65.9 cm³/mol. The standard InChI is InChI=1S/C12H18N4O2/c1-4-5-18-8-10-6-16(9(2)17)7-11-12(10)15(3)14-13-11/h4,10H,1,5-8H2,2-3H3. The van der Waals surface area contributed by atoms with Crippen LogP contribution in [0.3, 0.4) is 0 Å². The Labute approximate surface area is 106 Å². The van der Waals surface area contributed by atoms with Gasteiger partial charge in [-0.3, -0.25) is 9.48 Å².